The van der Waals surface area contributed by atoms with Crippen molar-refractivity contribution in [2.24, 2.45) is 5.92 Å². The molecule has 0 spiro atoms. The summed E-state index contributed by atoms with van der Waals surface area (Å²) in [6.07, 6.45) is 6.69. The Morgan fingerprint density at radius 1 is 0.912 bits per heavy atom. The van der Waals surface area contributed by atoms with Gasteiger partial charge in [0.15, 0.2) is 0 Å². The van der Waals surface area contributed by atoms with Crippen molar-refractivity contribution in [3.05, 3.63) is 87.8 Å². The zero-order chi connectivity index (χ0) is 23.3. The average Bonchev–Trinajstić information content (AvgIpc) is 3.22. The zero-order valence-electron chi connectivity index (χ0n) is 19.9. The van der Waals surface area contributed by atoms with Gasteiger partial charge in [-0.1, -0.05) is 74.9 Å². The minimum absolute atomic E-state index is 0.0205. The van der Waals surface area contributed by atoms with Crippen LogP contribution in [0.4, 0.5) is 0 Å². The fourth-order valence-electron chi connectivity index (χ4n) is 6.09. The van der Waals surface area contributed by atoms with E-state index in [0.717, 1.165) is 57.7 Å². The molecule has 4 heteroatoms. The largest absolute Gasteiger partial charge is 0.297 e. The Morgan fingerprint density at radius 3 is 2.35 bits per heavy atom. The summed E-state index contributed by atoms with van der Waals surface area (Å²) in [5, 5.41) is 5.86. The van der Waals surface area contributed by atoms with Crippen LogP contribution in [-0.2, 0) is 18.3 Å². The highest BCUT2D eigenvalue weighted by atomic mass is 16.1. The molecule has 0 amide bonds. The highest BCUT2D eigenvalue weighted by molar-refractivity contribution is 5.85. The summed E-state index contributed by atoms with van der Waals surface area (Å²) in [6, 6.07) is 21.9. The van der Waals surface area contributed by atoms with Gasteiger partial charge in [-0.2, -0.15) is 0 Å². The van der Waals surface area contributed by atoms with Crippen LogP contribution >= 0.6 is 0 Å². The van der Waals surface area contributed by atoms with Crippen LogP contribution in [0.25, 0.3) is 33.6 Å². The maximum absolute atomic E-state index is 12.2. The molecule has 2 N–H and O–H groups in total. The second-order valence-electron chi connectivity index (χ2n) is 10.5. The molecular weight excluding hydrogens is 418 g/mol. The molecule has 2 heterocycles. The summed E-state index contributed by atoms with van der Waals surface area (Å²) in [5.41, 5.74) is 10.0. The summed E-state index contributed by atoms with van der Waals surface area (Å²) < 4.78 is 0. The fraction of sp³-hybridized carbons (Fsp3) is 0.333. The van der Waals surface area contributed by atoms with Crippen LogP contribution in [0.2, 0.25) is 0 Å². The molecule has 4 nitrogen and oxygen atoms in total. The number of hydrogen-bond donors (Lipinski definition) is 2. The van der Waals surface area contributed by atoms with Crippen LogP contribution in [0.1, 0.15) is 56.4 Å². The van der Waals surface area contributed by atoms with Crippen molar-refractivity contribution in [3.8, 4) is 33.6 Å². The molecule has 6 rings (SSSR count). The maximum Gasteiger partial charge on any atom is 0.267 e. The van der Waals surface area contributed by atoms with Crippen molar-refractivity contribution in [1.29, 1.82) is 0 Å². The Morgan fingerprint density at radius 2 is 1.68 bits per heavy atom. The van der Waals surface area contributed by atoms with E-state index in [4.69, 9.17) is 4.98 Å². The highest BCUT2D eigenvalue weighted by Gasteiger charge is 2.38. The third-order valence-corrected chi connectivity index (χ3v) is 7.82. The van der Waals surface area contributed by atoms with Gasteiger partial charge in [-0.15, -0.1) is 0 Å². The van der Waals surface area contributed by atoms with Crippen LogP contribution in [0.15, 0.2) is 65.5 Å². The van der Waals surface area contributed by atoms with Gasteiger partial charge >= 0.3 is 0 Å². The van der Waals surface area contributed by atoms with E-state index in [1.807, 2.05) is 6.07 Å². The first-order valence-corrected chi connectivity index (χ1v) is 12.5. The number of nitrogens with one attached hydrogen (secondary N) is 2. The van der Waals surface area contributed by atoms with Gasteiger partial charge in [0.1, 0.15) is 0 Å². The number of hydrogen-bond acceptors (Lipinski definition) is 2. The highest BCUT2D eigenvalue weighted by Crippen LogP contribution is 2.48. The lowest BCUT2D eigenvalue weighted by molar-refractivity contribution is 0.200. The van der Waals surface area contributed by atoms with Crippen LogP contribution in [-0.4, -0.2) is 15.2 Å². The fourth-order valence-corrected chi connectivity index (χ4v) is 6.09. The average molecular weight is 450 g/mol. The lowest BCUT2D eigenvalue weighted by atomic mass is 9.61. The van der Waals surface area contributed by atoms with E-state index < -0.39 is 0 Å². The number of rotatable bonds is 5. The number of aryl methyl sites for hydroxylation is 1. The van der Waals surface area contributed by atoms with Crippen molar-refractivity contribution in [1.82, 2.24) is 15.2 Å². The molecule has 2 aromatic heterocycles. The number of fused-ring (bicyclic) bond motifs is 3. The number of benzene rings is 2. The molecule has 2 aliphatic carbocycles. The molecular formula is C30H31N3O. The molecule has 0 aliphatic heterocycles. The molecule has 172 valence electrons. The van der Waals surface area contributed by atoms with Gasteiger partial charge in [0.05, 0.1) is 17.1 Å². The van der Waals surface area contributed by atoms with Gasteiger partial charge < -0.3 is 0 Å². The molecule has 0 atom stereocenters. The van der Waals surface area contributed by atoms with Crippen molar-refractivity contribution < 1.29 is 0 Å². The van der Waals surface area contributed by atoms with E-state index in [1.54, 1.807) is 0 Å². The topological polar surface area (TPSA) is 61.5 Å². The molecule has 1 saturated carbocycles. The van der Waals surface area contributed by atoms with Crippen molar-refractivity contribution in [3.63, 3.8) is 0 Å². The van der Waals surface area contributed by atoms with Crippen LogP contribution in [0.5, 0.6) is 0 Å². The normalized spacial score (nSPS) is 16.1. The Kier molecular flexibility index (Phi) is 5.05. The first-order chi connectivity index (χ1) is 16.5. The summed E-state index contributed by atoms with van der Waals surface area (Å²) in [4.78, 5) is 17.4. The molecule has 0 unspecified atom stereocenters. The molecule has 2 aliphatic rings. The van der Waals surface area contributed by atoms with E-state index in [1.165, 1.54) is 31.2 Å². The standard InChI is InChI=1S/C30H31N3O/c1-19(2)18-30(15-6-16-30)22-11-9-21(10-12-22)27-24(20-7-4-3-5-8-20)17-25-26(31-27)14-13-23-28(25)32-33-29(23)34/h3-5,7-12,17,19H,6,13-16,18H2,1-2H3,(H2,32,33,34). The minimum Gasteiger partial charge on any atom is -0.297 e. The molecule has 0 radical (unpaired) electrons. The first-order valence-electron chi connectivity index (χ1n) is 12.5. The Balaban J connectivity index is 1.47. The second-order valence-corrected chi connectivity index (χ2v) is 10.5. The third-order valence-electron chi connectivity index (χ3n) is 7.82. The maximum atomic E-state index is 12.2. The number of H-pyrrole nitrogens is 2. The molecule has 4 aromatic rings. The Labute approximate surface area is 200 Å². The Hall–Kier alpha value is -3.40. The smallest absolute Gasteiger partial charge is 0.267 e. The van der Waals surface area contributed by atoms with Crippen LogP contribution < -0.4 is 5.56 Å². The van der Waals surface area contributed by atoms with Gasteiger partial charge in [-0.05, 0) is 60.6 Å². The Bertz CT molecular complexity index is 1390. The molecule has 2 aromatic carbocycles. The second kappa shape index (κ2) is 8.12. The van der Waals surface area contributed by atoms with Crippen LogP contribution in [0.3, 0.4) is 0 Å². The number of aromatic nitrogens is 3. The van der Waals surface area contributed by atoms with Crippen molar-refractivity contribution in [2.75, 3.05) is 0 Å². The minimum atomic E-state index is -0.0205. The van der Waals surface area contributed by atoms with E-state index in [0.29, 0.717) is 11.3 Å². The van der Waals surface area contributed by atoms with E-state index in [9.17, 15) is 4.79 Å². The van der Waals surface area contributed by atoms with E-state index in [-0.39, 0.29) is 5.56 Å². The lowest BCUT2D eigenvalue weighted by Crippen LogP contribution is -2.35. The van der Waals surface area contributed by atoms with E-state index >= 15 is 0 Å². The van der Waals surface area contributed by atoms with Crippen molar-refractivity contribution in [2.45, 2.75) is 57.8 Å². The first kappa shape index (κ1) is 21.2. The number of aromatic amines is 2. The molecule has 1 fully saturated rings. The van der Waals surface area contributed by atoms with Crippen molar-refractivity contribution >= 4 is 0 Å². The lowest BCUT2D eigenvalue weighted by Gasteiger charge is -2.44. The third kappa shape index (κ3) is 3.44. The monoisotopic (exact) mass is 449 g/mol. The predicted octanol–water partition coefficient (Wildman–Crippen LogP) is 6.67. The summed E-state index contributed by atoms with van der Waals surface area (Å²) in [5.74, 6) is 0.705. The predicted molar refractivity (Wildman–Crippen MR) is 138 cm³/mol. The molecule has 34 heavy (non-hydrogen) atoms. The SMILES string of the molecule is CC(C)CC1(c2ccc(-c3nc4c(cc3-c3ccccc3)-c3[nH][nH]c(=O)c3CC4)cc2)CCC1. The summed E-state index contributed by atoms with van der Waals surface area (Å²) in [7, 11) is 0. The van der Waals surface area contributed by atoms with Gasteiger partial charge in [0.25, 0.3) is 5.56 Å². The molecule has 0 saturated heterocycles. The number of nitrogens with zero attached hydrogens (tertiary/aromatic N) is 1. The van der Waals surface area contributed by atoms with Gasteiger partial charge in [-0.3, -0.25) is 20.0 Å². The van der Waals surface area contributed by atoms with Gasteiger partial charge in [0.2, 0.25) is 0 Å². The zero-order valence-corrected chi connectivity index (χ0v) is 19.9. The summed E-state index contributed by atoms with van der Waals surface area (Å²) >= 11 is 0. The summed E-state index contributed by atoms with van der Waals surface area (Å²) in [6.45, 7) is 4.67. The molecule has 0 bridgehead atoms. The van der Waals surface area contributed by atoms with Gasteiger partial charge in [-0.25, -0.2) is 0 Å². The van der Waals surface area contributed by atoms with Crippen LogP contribution in [0, 0.1) is 5.92 Å². The quantitative estimate of drug-likeness (QED) is 0.358. The van der Waals surface area contributed by atoms with E-state index in [2.05, 4.69) is 78.6 Å². The van der Waals surface area contributed by atoms with Gasteiger partial charge in [0, 0.05) is 22.3 Å². The number of pyridine rings is 1.